The van der Waals surface area contributed by atoms with Crippen LogP contribution in [0.15, 0.2) is 81.5 Å². The Labute approximate surface area is 216 Å². The smallest absolute Gasteiger partial charge is 0.260 e. The van der Waals surface area contributed by atoms with Gasteiger partial charge in [0, 0.05) is 23.1 Å². The maximum absolute atomic E-state index is 14.4. The van der Waals surface area contributed by atoms with Crippen LogP contribution in [0, 0.1) is 12.7 Å². The minimum Gasteiger partial charge on any atom is -0.491 e. The van der Waals surface area contributed by atoms with Gasteiger partial charge in [0.2, 0.25) is 0 Å². The van der Waals surface area contributed by atoms with E-state index >= 15 is 0 Å². The second kappa shape index (κ2) is 11.1. The molecule has 0 aliphatic carbocycles. The number of nitrogens with zero attached hydrogens (tertiary/aromatic N) is 2. The van der Waals surface area contributed by atoms with Crippen molar-refractivity contribution in [3.05, 3.63) is 106 Å². The van der Waals surface area contributed by atoms with Crippen molar-refractivity contribution < 1.29 is 18.7 Å². The quantitative estimate of drug-likeness (QED) is 0.266. The fourth-order valence-electron chi connectivity index (χ4n) is 4.22. The Balaban J connectivity index is 1.36. The molecular formula is C28H26FN3O4S. The van der Waals surface area contributed by atoms with Gasteiger partial charge in [-0.3, -0.25) is 9.69 Å². The van der Waals surface area contributed by atoms with Crippen LogP contribution in [-0.2, 0) is 13.1 Å². The summed E-state index contributed by atoms with van der Waals surface area (Å²) in [6.07, 6.45) is 0.798. The normalized spacial score (nSPS) is 12.3. The third kappa shape index (κ3) is 5.80. The van der Waals surface area contributed by atoms with Crippen LogP contribution in [0.4, 0.5) is 4.39 Å². The first kappa shape index (κ1) is 24.9. The Kier molecular flexibility index (Phi) is 7.45. The molecule has 9 heteroatoms. The third-order valence-corrected chi connectivity index (χ3v) is 6.86. The first-order chi connectivity index (χ1) is 18.0. The highest BCUT2D eigenvalue weighted by Gasteiger charge is 2.19. The lowest BCUT2D eigenvalue weighted by Gasteiger charge is -2.24. The summed E-state index contributed by atoms with van der Waals surface area (Å²) in [4.78, 5) is 23.0. The van der Waals surface area contributed by atoms with Gasteiger partial charge in [0.15, 0.2) is 0 Å². The van der Waals surface area contributed by atoms with E-state index in [0.717, 1.165) is 11.3 Å². The number of aryl methyl sites for hydroxylation is 1. The maximum atomic E-state index is 14.4. The highest BCUT2D eigenvalue weighted by Crippen LogP contribution is 2.32. The highest BCUT2D eigenvalue weighted by atomic mass is 32.1. The summed E-state index contributed by atoms with van der Waals surface area (Å²) in [5.74, 6) is 1.49. The summed E-state index contributed by atoms with van der Waals surface area (Å²) in [5.41, 5.74) is 1.54. The van der Waals surface area contributed by atoms with Crippen molar-refractivity contribution in [1.82, 2.24) is 14.9 Å². The molecule has 0 spiro atoms. The van der Waals surface area contributed by atoms with E-state index in [2.05, 4.69) is 9.97 Å². The Bertz CT molecular complexity index is 1550. The molecule has 0 aliphatic rings. The fourth-order valence-corrected chi connectivity index (χ4v) is 5.18. The fraction of sp³-hybridized carbons (Fsp3) is 0.214. The number of aromatic nitrogens is 2. The number of nitrogens with one attached hydrogen (secondary N) is 1. The molecule has 0 saturated carbocycles. The Morgan fingerprint density at radius 3 is 2.70 bits per heavy atom. The van der Waals surface area contributed by atoms with Crippen molar-refractivity contribution >= 4 is 21.6 Å². The number of benzene rings is 2. The Morgan fingerprint density at radius 2 is 1.92 bits per heavy atom. The van der Waals surface area contributed by atoms with Crippen LogP contribution in [0.2, 0.25) is 0 Å². The summed E-state index contributed by atoms with van der Waals surface area (Å²) in [6, 6.07) is 17.6. The van der Waals surface area contributed by atoms with Crippen LogP contribution in [0.25, 0.3) is 21.3 Å². The number of furan rings is 1. The molecule has 3 aromatic heterocycles. The molecule has 5 rings (SSSR count). The van der Waals surface area contributed by atoms with Gasteiger partial charge in [-0.2, -0.15) is 0 Å². The molecule has 37 heavy (non-hydrogen) atoms. The second-order valence-corrected chi connectivity index (χ2v) is 9.66. The number of aliphatic hydroxyl groups is 1. The van der Waals surface area contributed by atoms with E-state index in [1.165, 1.54) is 17.4 Å². The van der Waals surface area contributed by atoms with Gasteiger partial charge in [0.25, 0.3) is 5.56 Å². The number of halogens is 1. The van der Waals surface area contributed by atoms with Gasteiger partial charge in [-0.1, -0.05) is 36.4 Å². The van der Waals surface area contributed by atoms with E-state index in [9.17, 15) is 14.3 Å². The van der Waals surface area contributed by atoms with E-state index < -0.39 is 11.9 Å². The van der Waals surface area contributed by atoms with E-state index in [4.69, 9.17) is 9.15 Å². The van der Waals surface area contributed by atoms with Crippen LogP contribution in [-0.4, -0.2) is 39.2 Å². The number of H-pyrrole nitrogens is 1. The third-order valence-electron chi connectivity index (χ3n) is 5.98. The molecule has 1 atom stereocenters. The zero-order valence-corrected chi connectivity index (χ0v) is 21.0. The average Bonchev–Trinajstić information content (AvgIpc) is 3.54. The molecule has 0 saturated heterocycles. The number of hydrogen-bond acceptors (Lipinski definition) is 7. The summed E-state index contributed by atoms with van der Waals surface area (Å²) < 4.78 is 25.7. The molecule has 0 aliphatic heterocycles. The van der Waals surface area contributed by atoms with Gasteiger partial charge in [-0.25, -0.2) is 9.37 Å². The molecule has 0 amide bonds. The highest BCUT2D eigenvalue weighted by molar-refractivity contribution is 7.17. The molecule has 0 radical (unpaired) electrons. The number of ether oxygens (including phenoxy) is 1. The number of para-hydroxylation sites is 1. The maximum Gasteiger partial charge on any atom is 0.260 e. The van der Waals surface area contributed by atoms with E-state index in [0.29, 0.717) is 39.5 Å². The topological polar surface area (TPSA) is 91.6 Å². The molecule has 5 aromatic rings. The van der Waals surface area contributed by atoms with Crippen LogP contribution in [0.3, 0.4) is 0 Å². The van der Waals surface area contributed by atoms with E-state index in [1.807, 2.05) is 42.2 Å². The standard InChI is InChI=1S/C28H26FN3O4S/c1-18-7-2-5-11-24(18)36-16-19(33)13-32(14-20-8-6-12-35-20)15-25-30-27(34)26-22(17-37-28(26)31-25)21-9-3-4-10-23(21)29/h2-12,17,19,33H,13-16H2,1H3,(H,30,31,34). The van der Waals surface area contributed by atoms with Crippen molar-refractivity contribution in [2.75, 3.05) is 13.2 Å². The number of aliphatic hydroxyl groups excluding tert-OH is 1. The number of thiophene rings is 1. The molecular weight excluding hydrogens is 493 g/mol. The van der Waals surface area contributed by atoms with Crippen molar-refractivity contribution in [2.45, 2.75) is 26.1 Å². The minimum atomic E-state index is -0.792. The van der Waals surface area contributed by atoms with Crippen LogP contribution >= 0.6 is 11.3 Å². The first-order valence-electron chi connectivity index (χ1n) is 11.8. The van der Waals surface area contributed by atoms with Gasteiger partial charge >= 0.3 is 0 Å². The molecule has 3 heterocycles. The SMILES string of the molecule is Cc1ccccc1OCC(O)CN(Cc1nc2scc(-c3ccccc3F)c2c(=O)[nH]1)Cc1ccco1. The van der Waals surface area contributed by atoms with Gasteiger partial charge in [-0.05, 0) is 36.8 Å². The first-order valence-corrected chi connectivity index (χ1v) is 12.7. The molecule has 0 fully saturated rings. The summed E-state index contributed by atoms with van der Waals surface area (Å²) >= 11 is 1.30. The second-order valence-electron chi connectivity index (χ2n) is 8.80. The minimum absolute atomic E-state index is 0.111. The van der Waals surface area contributed by atoms with Gasteiger partial charge in [-0.15, -0.1) is 11.3 Å². The molecule has 2 N–H and O–H groups in total. The summed E-state index contributed by atoms with van der Waals surface area (Å²) in [6.45, 7) is 2.99. The lowest BCUT2D eigenvalue weighted by Crippen LogP contribution is -2.35. The summed E-state index contributed by atoms with van der Waals surface area (Å²) in [5, 5.41) is 12.9. The van der Waals surface area contributed by atoms with E-state index in [-0.39, 0.29) is 25.3 Å². The lowest BCUT2D eigenvalue weighted by molar-refractivity contribution is 0.0593. The largest absolute Gasteiger partial charge is 0.491 e. The lowest BCUT2D eigenvalue weighted by atomic mass is 10.1. The molecule has 1 unspecified atom stereocenters. The van der Waals surface area contributed by atoms with Crippen LogP contribution in [0.1, 0.15) is 17.1 Å². The molecule has 2 aromatic carbocycles. The predicted octanol–water partition coefficient (Wildman–Crippen LogP) is 5.13. The van der Waals surface area contributed by atoms with Crippen LogP contribution in [0.5, 0.6) is 5.75 Å². The van der Waals surface area contributed by atoms with E-state index in [1.54, 1.807) is 35.9 Å². The predicted molar refractivity (Wildman–Crippen MR) is 141 cm³/mol. The summed E-state index contributed by atoms with van der Waals surface area (Å²) in [7, 11) is 0. The van der Waals surface area contributed by atoms with Gasteiger partial charge in [0.1, 0.15) is 40.7 Å². The molecule has 0 bridgehead atoms. The van der Waals surface area contributed by atoms with Crippen molar-refractivity contribution in [2.24, 2.45) is 0 Å². The molecule has 190 valence electrons. The van der Waals surface area contributed by atoms with Crippen molar-refractivity contribution in [3.63, 3.8) is 0 Å². The number of aromatic amines is 1. The number of fused-ring (bicyclic) bond motifs is 1. The van der Waals surface area contributed by atoms with Crippen LogP contribution < -0.4 is 10.3 Å². The van der Waals surface area contributed by atoms with Crippen molar-refractivity contribution in [1.29, 1.82) is 0 Å². The Hall–Kier alpha value is -3.79. The average molecular weight is 520 g/mol. The zero-order valence-electron chi connectivity index (χ0n) is 20.2. The Morgan fingerprint density at radius 1 is 1.11 bits per heavy atom. The van der Waals surface area contributed by atoms with Gasteiger partial charge in [0.05, 0.1) is 24.7 Å². The molecule has 7 nitrogen and oxygen atoms in total. The number of hydrogen-bond donors (Lipinski definition) is 2. The monoisotopic (exact) mass is 519 g/mol. The van der Waals surface area contributed by atoms with Gasteiger partial charge < -0.3 is 19.2 Å². The zero-order chi connectivity index (χ0) is 25.8. The number of rotatable bonds is 10. The van der Waals surface area contributed by atoms with Crippen molar-refractivity contribution in [3.8, 4) is 16.9 Å².